The smallest absolute Gasteiger partial charge is 0.248 e. The zero-order valence-corrected chi connectivity index (χ0v) is 20.6. The van der Waals surface area contributed by atoms with Crippen molar-refractivity contribution in [2.75, 3.05) is 26.3 Å². The third kappa shape index (κ3) is 6.71. The first-order valence-electron chi connectivity index (χ1n) is 12.4. The molecule has 4 N–H and O–H groups in total. The highest BCUT2D eigenvalue weighted by Gasteiger charge is 2.26. The molecular formula is C29H31N3O5. The molecule has 0 aliphatic carbocycles. The average Bonchev–Trinajstić information content (AvgIpc) is 3.47. The van der Waals surface area contributed by atoms with Gasteiger partial charge in [0.1, 0.15) is 6.61 Å². The number of ketones is 1. The van der Waals surface area contributed by atoms with Crippen molar-refractivity contribution in [3.63, 3.8) is 0 Å². The highest BCUT2D eigenvalue weighted by Crippen LogP contribution is 2.27. The molecule has 0 spiro atoms. The van der Waals surface area contributed by atoms with Crippen LogP contribution in [0.1, 0.15) is 47.4 Å². The lowest BCUT2D eigenvalue weighted by Crippen LogP contribution is -2.42. The van der Waals surface area contributed by atoms with Crippen LogP contribution in [0.2, 0.25) is 0 Å². The van der Waals surface area contributed by atoms with E-state index < -0.39 is 6.61 Å². The van der Waals surface area contributed by atoms with E-state index in [0.717, 1.165) is 41.8 Å². The van der Waals surface area contributed by atoms with Crippen molar-refractivity contribution < 1.29 is 24.9 Å². The zero-order chi connectivity index (χ0) is 26.2. The Morgan fingerprint density at radius 2 is 1.76 bits per heavy atom. The van der Waals surface area contributed by atoms with Crippen molar-refractivity contribution >= 4 is 17.9 Å². The molecule has 0 bridgehead atoms. The van der Waals surface area contributed by atoms with Gasteiger partial charge in [0.15, 0.2) is 5.76 Å². The summed E-state index contributed by atoms with van der Waals surface area (Å²) < 4.78 is 0. The predicted octanol–water partition coefficient (Wildman–Crippen LogP) is 2.05. The summed E-state index contributed by atoms with van der Waals surface area (Å²) in [5.74, 6) is 5.03. The Bertz CT molecular complexity index is 1230. The molecular weight excluding hydrogens is 470 g/mol. The maximum atomic E-state index is 12.2. The number of rotatable bonds is 8. The number of amides is 1. The molecule has 192 valence electrons. The number of hydrogen-bond acceptors (Lipinski definition) is 7. The molecule has 2 atom stereocenters. The number of Topliss-reactive ketones (excluding diaryl/α,β-unsaturated/α-hetero) is 1. The second-order valence-electron chi connectivity index (χ2n) is 9.21. The van der Waals surface area contributed by atoms with Gasteiger partial charge in [0, 0.05) is 55.2 Å². The molecule has 4 rings (SSSR count). The van der Waals surface area contributed by atoms with Crippen molar-refractivity contribution in [2.45, 2.75) is 37.8 Å². The summed E-state index contributed by atoms with van der Waals surface area (Å²) in [5.41, 5.74) is 3.79. The first kappa shape index (κ1) is 26.3. The number of carbonyl (C=O) groups excluding carboxylic acids is 2. The fourth-order valence-corrected chi connectivity index (χ4v) is 4.52. The zero-order valence-electron chi connectivity index (χ0n) is 20.6. The molecule has 1 amide bonds. The minimum atomic E-state index is -0.494. The SMILES string of the molecule is O=C1CC=NC(CC(CO)c2ccc(C#Cc3ccc(CN(C(=O)CO)[C@@H]4CCNC4)cc3)cc2)=C1O. The summed E-state index contributed by atoms with van der Waals surface area (Å²) in [7, 11) is 0. The highest BCUT2D eigenvalue weighted by atomic mass is 16.3. The van der Waals surface area contributed by atoms with Crippen LogP contribution in [-0.4, -0.2) is 70.5 Å². The molecule has 2 aliphatic heterocycles. The molecule has 8 nitrogen and oxygen atoms in total. The summed E-state index contributed by atoms with van der Waals surface area (Å²) in [4.78, 5) is 29.8. The maximum absolute atomic E-state index is 12.2. The average molecular weight is 502 g/mol. The van der Waals surface area contributed by atoms with Crippen molar-refractivity contribution in [3.05, 3.63) is 82.2 Å². The van der Waals surface area contributed by atoms with Gasteiger partial charge in [-0.1, -0.05) is 36.1 Å². The first-order valence-corrected chi connectivity index (χ1v) is 12.4. The van der Waals surface area contributed by atoms with Gasteiger partial charge in [-0.25, -0.2) is 0 Å². The van der Waals surface area contributed by atoms with Crippen LogP contribution in [0.3, 0.4) is 0 Å². The van der Waals surface area contributed by atoms with E-state index in [-0.39, 0.29) is 48.9 Å². The lowest BCUT2D eigenvalue weighted by molar-refractivity contribution is -0.136. The van der Waals surface area contributed by atoms with E-state index in [9.17, 15) is 24.9 Å². The van der Waals surface area contributed by atoms with E-state index in [1.165, 1.54) is 6.21 Å². The number of nitrogens with one attached hydrogen (secondary N) is 1. The highest BCUT2D eigenvalue weighted by molar-refractivity contribution is 6.04. The van der Waals surface area contributed by atoms with Crippen LogP contribution in [0.4, 0.5) is 0 Å². The molecule has 37 heavy (non-hydrogen) atoms. The van der Waals surface area contributed by atoms with Crippen molar-refractivity contribution in [2.24, 2.45) is 4.99 Å². The van der Waals surface area contributed by atoms with Crippen molar-refractivity contribution in [3.8, 4) is 11.8 Å². The van der Waals surface area contributed by atoms with Crippen LogP contribution in [0.15, 0.2) is 65.0 Å². The lowest BCUT2D eigenvalue weighted by Gasteiger charge is -2.28. The normalized spacial score (nSPS) is 17.9. The Kier molecular flexibility index (Phi) is 8.86. The van der Waals surface area contributed by atoms with Crippen LogP contribution >= 0.6 is 0 Å². The van der Waals surface area contributed by atoms with Gasteiger partial charge in [-0.05, 0) is 48.4 Å². The van der Waals surface area contributed by atoms with Gasteiger partial charge in [0.05, 0.1) is 12.3 Å². The Balaban J connectivity index is 1.39. The summed E-state index contributed by atoms with van der Waals surface area (Å²) in [6.07, 6.45) is 2.71. The number of nitrogens with zero attached hydrogens (tertiary/aromatic N) is 2. The second kappa shape index (κ2) is 12.5. The van der Waals surface area contributed by atoms with Crippen LogP contribution in [0.25, 0.3) is 0 Å². The number of aliphatic hydroxyl groups excluding tert-OH is 3. The van der Waals surface area contributed by atoms with Gasteiger partial charge < -0.3 is 25.5 Å². The number of carbonyl (C=O) groups is 2. The Labute approximate surface area is 216 Å². The van der Waals surface area contributed by atoms with Crippen LogP contribution in [-0.2, 0) is 16.1 Å². The standard InChI is InChI=1S/C29H31N3O5/c33-18-24(15-26-29(37)27(35)12-14-31-26)23-9-7-21(8-10-23)2-1-20-3-5-22(6-4-20)17-32(28(36)19-34)25-11-13-30-16-25/h3-10,14,24-25,30,33-34,37H,11-13,15-19H2/t24?,25-/m1/s1. The number of allylic oxidation sites excluding steroid dienone is 2. The Morgan fingerprint density at radius 1 is 1.08 bits per heavy atom. The van der Waals surface area contributed by atoms with Crippen LogP contribution < -0.4 is 5.32 Å². The molecule has 2 aromatic rings. The number of hydrogen-bond donors (Lipinski definition) is 4. The van der Waals surface area contributed by atoms with E-state index in [0.29, 0.717) is 12.2 Å². The number of benzene rings is 2. The summed E-state index contributed by atoms with van der Waals surface area (Å²) in [5, 5.41) is 32.5. The molecule has 0 saturated carbocycles. The second-order valence-corrected chi connectivity index (χ2v) is 9.21. The molecule has 2 aromatic carbocycles. The lowest BCUT2D eigenvalue weighted by atomic mass is 9.93. The van der Waals surface area contributed by atoms with Crippen LogP contribution in [0, 0.1) is 11.8 Å². The fourth-order valence-electron chi connectivity index (χ4n) is 4.52. The van der Waals surface area contributed by atoms with Gasteiger partial charge in [-0.2, -0.15) is 0 Å². The first-order chi connectivity index (χ1) is 18.0. The van der Waals surface area contributed by atoms with Gasteiger partial charge >= 0.3 is 0 Å². The minimum absolute atomic E-state index is 0.0906. The Morgan fingerprint density at radius 3 is 2.35 bits per heavy atom. The van der Waals surface area contributed by atoms with Crippen molar-refractivity contribution in [1.29, 1.82) is 0 Å². The monoisotopic (exact) mass is 501 g/mol. The van der Waals surface area contributed by atoms with Gasteiger partial charge in [-0.3, -0.25) is 14.6 Å². The Hall–Kier alpha value is -3.77. The van der Waals surface area contributed by atoms with Crippen molar-refractivity contribution in [1.82, 2.24) is 10.2 Å². The molecule has 0 radical (unpaired) electrons. The predicted molar refractivity (Wildman–Crippen MR) is 140 cm³/mol. The molecule has 0 aromatic heterocycles. The molecule has 1 saturated heterocycles. The summed E-state index contributed by atoms with van der Waals surface area (Å²) in [6, 6.07) is 15.3. The topological polar surface area (TPSA) is 122 Å². The largest absolute Gasteiger partial charge is 0.503 e. The van der Waals surface area contributed by atoms with Gasteiger partial charge in [0.25, 0.3) is 0 Å². The molecule has 2 aliphatic rings. The minimum Gasteiger partial charge on any atom is -0.503 e. The fraction of sp³-hybridized carbons (Fsp3) is 0.345. The van der Waals surface area contributed by atoms with Gasteiger partial charge in [-0.15, -0.1) is 0 Å². The quantitative estimate of drug-likeness (QED) is 0.411. The number of aliphatic imine (C=N–C) groups is 1. The third-order valence-corrected chi connectivity index (χ3v) is 6.69. The molecule has 1 fully saturated rings. The molecule has 1 unspecified atom stereocenters. The van der Waals surface area contributed by atoms with E-state index in [1.807, 2.05) is 48.5 Å². The van der Waals surface area contributed by atoms with E-state index in [4.69, 9.17) is 0 Å². The summed E-state index contributed by atoms with van der Waals surface area (Å²) >= 11 is 0. The van der Waals surface area contributed by atoms with Gasteiger partial charge in [0.2, 0.25) is 11.7 Å². The van der Waals surface area contributed by atoms with E-state index >= 15 is 0 Å². The molecule has 8 heteroatoms. The maximum Gasteiger partial charge on any atom is 0.248 e. The number of aliphatic hydroxyl groups is 3. The van der Waals surface area contributed by atoms with Crippen LogP contribution in [0.5, 0.6) is 0 Å². The van der Waals surface area contributed by atoms with E-state index in [1.54, 1.807) is 4.90 Å². The third-order valence-electron chi connectivity index (χ3n) is 6.69. The van der Waals surface area contributed by atoms with E-state index in [2.05, 4.69) is 22.2 Å². The summed E-state index contributed by atoms with van der Waals surface area (Å²) in [6.45, 7) is 1.41. The molecule has 2 heterocycles.